The fourth-order valence-electron chi connectivity index (χ4n) is 1.66. The minimum Gasteiger partial charge on any atom is -0.394 e. The quantitative estimate of drug-likeness (QED) is 0.734. The van der Waals surface area contributed by atoms with E-state index in [4.69, 9.17) is 10.2 Å². The van der Waals surface area contributed by atoms with E-state index in [2.05, 4.69) is 10.4 Å². The van der Waals surface area contributed by atoms with E-state index in [-0.39, 0.29) is 19.1 Å². The molecule has 0 radical (unpaired) electrons. The summed E-state index contributed by atoms with van der Waals surface area (Å²) in [5.74, 6) is -0.345. The van der Waals surface area contributed by atoms with Gasteiger partial charge < -0.3 is 15.5 Å². The fourth-order valence-corrected chi connectivity index (χ4v) is 1.66. The van der Waals surface area contributed by atoms with Gasteiger partial charge in [-0.1, -0.05) is 0 Å². The fraction of sp³-hybridized carbons (Fsp3) is 0.286. The molecule has 0 saturated heterocycles. The molecule has 0 spiro atoms. The van der Waals surface area contributed by atoms with Crippen molar-refractivity contribution in [2.24, 2.45) is 0 Å². The van der Waals surface area contributed by atoms with Gasteiger partial charge in [-0.25, -0.2) is 4.68 Å². The van der Waals surface area contributed by atoms with Gasteiger partial charge in [0.2, 0.25) is 0 Å². The SMILES string of the molecule is CC(CO)(CO)NC(=O)c1ccc(-n2cccn2)cc1. The first-order chi connectivity index (χ1) is 9.58. The molecule has 0 unspecified atom stereocenters. The standard InChI is InChI=1S/C14H17N3O3/c1-14(9-18,10-19)16-13(20)11-3-5-12(6-4-11)17-8-2-7-15-17/h2-8,18-19H,9-10H2,1H3,(H,16,20). The normalized spacial score (nSPS) is 11.3. The molecule has 0 aliphatic heterocycles. The lowest BCUT2D eigenvalue weighted by atomic mass is 10.0. The number of aliphatic hydroxyl groups excluding tert-OH is 2. The molecule has 1 heterocycles. The van der Waals surface area contributed by atoms with Crippen molar-refractivity contribution in [2.75, 3.05) is 13.2 Å². The van der Waals surface area contributed by atoms with Crippen LogP contribution >= 0.6 is 0 Å². The summed E-state index contributed by atoms with van der Waals surface area (Å²) >= 11 is 0. The maximum atomic E-state index is 12.0. The largest absolute Gasteiger partial charge is 0.394 e. The Balaban J connectivity index is 2.12. The monoisotopic (exact) mass is 275 g/mol. The number of amides is 1. The molecule has 1 aromatic carbocycles. The van der Waals surface area contributed by atoms with Crippen molar-refractivity contribution in [2.45, 2.75) is 12.5 Å². The Bertz CT molecular complexity index is 560. The van der Waals surface area contributed by atoms with Gasteiger partial charge in [-0.2, -0.15) is 5.10 Å². The summed E-state index contributed by atoms with van der Waals surface area (Å²) in [5.41, 5.74) is 0.269. The van der Waals surface area contributed by atoms with Crippen molar-refractivity contribution in [1.82, 2.24) is 15.1 Å². The summed E-state index contributed by atoms with van der Waals surface area (Å²) < 4.78 is 1.69. The molecule has 2 rings (SSSR count). The van der Waals surface area contributed by atoms with E-state index < -0.39 is 5.54 Å². The number of hydrogen-bond donors (Lipinski definition) is 3. The highest BCUT2D eigenvalue weighted by Gasteiger charge is 2.25. The highest BCUT2D eigenvalue weighted by molar-refractivity contribution is 5.94. The first-order valence-electron chi connectivity index (χ1n) is 6.22. The molecular formula is C14H17N3O3. The van der Waals surface area contributed by atoms with E-state index in [1.54, 1.807) is 42.1 Å². The average molecular weight is 275 g/mol. The van der Waals surface area contributed by atoms with Gasteiger partial charge in [-0.15, -0.1) is 0 Å². The van der Waals surface area contributed by atoms with Crippen LogP contribution in [0.5, 0.6) is 0 Å². The number of rotatable bonds is 5. The molecule has 2 aromatic rings. The van der Waals surface area contributed by atoms with Crippen molar-refractivity contribution < 1.29 is 15.0 Å². The van der Waals surface area contributed by atoms with Crippen LogP contribution in [0.15, 0.2) is 42.7 Å². The Labute approximate surface area is 116 Å². The zero-order valence-electron chi connectivity index (χ0n) is 11.2. The second-order valence-electron chi connectivity index (χ2n) is 4.83. The number of hydrogen-bond acceptors (Lipinski definition) is 4. The van der Waals surface area contributed by atoms with Crippen LogP contribution in [-0.4, -0.2) is 44.7 Å². The Kier molecular flexibility index (Phi) is 4.16. The Morgan fingerprint density at radius 3 is 2.45 bits per heavy atom. The average Bonchev–Trinajstić information content (AvgIpc) is 3.01. The highest BCUT2D eigenvalue weighted by Crippen LogP contribution is 2.10. The van der Waals surface area contributed by atoms with Gasteiger partial charge in [-0.05, 0) is 37.3 Å². The summed E-state index contributed by atoms with van der Waals surface area (Å²) in [6, 6.07) is 8.70. The minimum absolute atomic E-state index is 0.333. The number of benzene rings is 1. The van der Waals surface area contributed by atoms with Crippen molar-refractivity contribution in [3.63, 3.8) is 0 Å². The van der Waals surface area contributed by atoms with Gasteiger partial charge in [0.25, 0.3) is 5.91 Å². The van der Waals surface area contributed by atoms with Crippen LogP contribution in [0.4, 0.5) is 0 Å². The molecule has 20 heavy (non-hydrogen) atoms. The van der Waals surface area contributed by atoms with Crippen LogP contribution in [0.3, 0.4) is 0 Å². The topological polar surface area (TPSA) is 87.4 Å². The molecular weight excluding hydrogens is 258 g/mol. The van der Waals surface area contributed by atoms with Gasteiger partial charge >= 0.3 is 0 Å². The number of carbonyl (C=O) groups is 1. The molecule has 0 bridgehead atoms. The number of nitrogens with zero attached hydrogens (tertiary/aromatic N) is 2. The predicted octanol–water partition coefficient (Wildman–Crippen LogP) is 0.345. The first-order valence-corrected chi connectivity index (χ1v) is 6.22. The van der Waals surface area contributed by atoms with Crippen LogP contribution in [-0.2, 0) is 0 Å². The van der Waals surface area contributed by atoms with Crippen LogP contribution in [0.1, 0.15) is 17.3 Å². The van der Waals surface area contributed by atoms with Gasteiger partial charge in [-0.3, -0.25) is 4.79 Å². The van der Waals surface area contributed by atoms with E-state index >= 15 is 0 Å². The van der Waals surface area contributed by atoms with Crippen LogP contribution in [0.2, 0.25) is 0 Å². The third kappa shape index (κ3) is 3.04. The van der Waals surface area contributed by atoms with Gasteiger partial charge in [0.05, 0.1) is 24.4 Å². The van der Waals surface area contributed by atoms with Crippen molar-refractivity contribution in [1.29, 1.82) is 0 Å². The van der Waals surface area contributed by atoms with E-state index in [1.165, 1.54) is 0 Å². The summed E-state index contributed by atoms with van der Waals surface area (Å²) in [7, 11) is 0. The predicted molar refractivity (Wildman–Crippen MR) is 73.6 cm³/mol. The smallest absolute Gasteiger partial charge is 0.251 e. The number of nitrogens with one attached hydrogen (secondary N) is 1. The summed E-state index contributed by atoms with van der Waals surface area (Å²) in [4.78, 5) is 12.0. The maximum absolute atomic E-state index is 12.0. The number of carbonyl (C=O) groups excluding carboxylic acids is 1. The van der Waals surface area contributed by atoms with Crippen molar-refractivity contribution in [3.05, 3.63) is 48.3 Å². The third-order valence-corrected chi connectivity index (χ3v) is 3.01. The zero-order chi connectivity index (χ0) is 14.6. The lowest BCUT2D eigenvalue weighted by Crippen LogP contribution is -2.51. The van der Waals surface area contributed by atoms with Crippen molar-refractivity contribution >= 4 is 5.91 Å². The molecule has 0 atom stereocenters. The molecule has 1 aromatic heterocycles. The van der Waals surface area contributed by atoms with E-state index in [0.717, 1.165) is 5.69 Å². The second-order valence-corrected chi connectivity index (χ2v) is 4.83. The van der Waals surface area contributed by atoms with Crippen LogP contribution in [0, 0.1) is 0 Å². The highest BCUT2D eigenvalue weighted by atomic mass is 16.3. The second kappa shape index (κ2) is 5.85. The molecule has 3 N–H and O–H groups in total. The first kappa shape index (κ1) is 14.2. The van der Waals surface area contributed by atoms with E-state index in [9.17, 15) is 4.79 Å². The zero-order valence-corrected chi connectivity index (χ0v) is 11.2. The summed E-state index contributed by atoms with van der Waals surface area (Å²) in [6.45, 7) is 0.907. The van der Waals surface area contributed by atoms with E-state index in [1.807, 2.05) is 12.3 Å². The van der Waals surface area contributed by atoms with Crippen LogP contribution in [0.25, 0.3) is 5.69 Å². The van der Waals surface area contributed by atoms with Gasteiger partial charge in [0.15, 0.2) is 0 Å². The molecule has 0 fully saturated rings. The third-order valence-electron chi connectivity index (χ3n) is 3.01. The molecule has 0 saturated carbocycles. The maximum Gasteiger partial charge on any atom is 0.251 e. The molecule has 106 valence electrons. The van der Waals surface area contributed by atoms with Crippen molar-refractivity contribution in [3.8, 4) is 5.69 Å². The van der Waals surface area contributed by atoms with Crippen LogP contribution < -0.4 is 5.32 Å². The molecule has 1 amide bonds. The van der Waals surface area contributed by atoms with Gasteiger partial charge in [0, 0.05) is 18.0 Å². The summed E-state index contributed by atoms with van der Waals surface area (Å²) in [5, 5.41) is 25.0. The Morgan fingerprint density at radius 1 is 1.30 bits per heavy atom. The lowest BCUT2D eigenvalue weighted by molar-refractivity contribution is 0.0724. The Hall–Kier alpha value is -2.18. The molecule has 0 aliphatic rings. The van der Waals surface area contributed by atoms with E-state index in [0.29, 0.717) is 5.56 Å². The Morgan fingerprint density at radius 2 is 1.95 bits per heavy atom. The molecule has 0 aliphatic carbocycles. The lowest BCUT2D eigenvalue weighted by Gasteiger charge is -2.26. The van der Waals surface area contributed by atoms with Gasteiger partial charge in [0.1, 0.15) is 0 Å². The molecule has 6 heteroatoms. The summed E-state index contributed by atoms with van der Waals surface area (Å²) in [6.07, 6.45) is 3.48. The number of aromatic nitrogens is 2. The minimum atomic E-state index is -1.03. The number of aliphatic hydroxyl groups is 2. The molecule has 6 nitrogen and oxygen atoms in total.